The van der Waals surface area contributed by atoms with Crippen LogP contribution in [0.1, 0.15) is 12.5 Å². The Balaban J connectivity index is 0.000000351. The molecule has 0 fully saturated rings. The van der Waals surface area contributed by atoms with Crippen molar-refractivity contribution >= 4 is 23.0 Å². The van der Waals surface area contributed by atoms with Gasteiger partial charge in [0.2, 0.25) is 11.9 Å². The fourth-order valence-electron chi connectivity index (χ4n) is 2.33. The van der Waals surface area contributed by atoms with E-state index in [1.165, 1.54) is 6.92 Å². The second-order valence-corrected chi connectivity index (χ2v) is 5.40. The van der Waals surface area contributed by atoms with Gasteiger partial charge < -0.3 is 4.57 Å². The summed E-state index contributed by atoms with van der Waals surface area (Å²) in [7, 11) is 0. The third-order valence-electron chi connectivity index (χ3n) is 3.41. The molecular weight excluding hydrogens is 374 g/mol. The van der Waals surface area contributed by atoms with Crippen LogP contribution in [0.2, 0.25) is 0 Å². The van der Waals surface area contributed by atoms with Crippen LogP contribution in [0.5, 0.6) is 0 Å². The Bertz CT molecular complexity index is 983. The number of H-pyrrole nitrogens is 1. The third kappa shape index (κ3) is 4.78. The Hall–Kier alpha value is -2.96. The molecule has 4 aromatic rings. The number of amides is 1. The van der Waals surface area contributed by atoms with E-state index in [9.17, 15) is 9.59 Å². The minimum Gasteiger partial charge on any atom is -0.322 e. The number of aromatic amines is 1. The average Bonchev–Trinajstić information content (AvgIpc) is 3.30. The van der Waals surface area contributed by atoms with Gasteiger partial charge in [0, 0.05) is 30.5 Å². The van der Waals surface area contributed by atoms with E-state index in [2.05, 4.69) is 20.3 Å². The first-order valence-corrected chi connectivity index (χ1v) is 7.73. The van der Waals surface area contributed by atoms with Crippen LogP contribution in [0.15, 0.2) is 65.7 Å². The van der Waals surface area contributed by atoms with E-state index < -0.39 is 0 Å². The summed E-state index contributed by atoms with van der Waals surface area (Å²) in [6.45, 7) is 1.92. The van der Waals surface area contributed by atoms with Crippen LogP contribution in [0.4, 0.5) is 5.95 Å². The molecule has 2 heterocycles. The number of carbonyl (C=O) groups excluding carboxylic acids is 1. The number of nitrogens with one attached hydrogen (secondary N) is 2. The van der Waals surface area contributed by atoms with E-state index in [1.807, 2.05) is 54.6 Å². The van der Waals surface area contributed by atoms with Gasteiger partial charge in [-0.2, -0.15) is 35.3 Å². The second kappa shape index (κ2) is 8.94. The first-order chi connectivity index (χ1) is 12.1. The number of imidazole rings is 1. The summed E-state index contributed by atoms with van der Waals surface area (Å²) in [5.74, 6) is -0.172. The summed E-state index contributed by atoms with van der Waals surface area (Å²) in [6.07, 6.45) is 1.57. The molecule has 2 aromatic heterocycles. The quantitative estimate of drug-likeness (QED) is 0.414. The molecule has 0 aliphatic heterocycles. The molecule has 0 bridgehead atoms. The zero-order valence-electron chi connectivity index (χ0n) is 14.0. The summed E-state index contributed by atoms with van der Waals surface area (Å²) in [5, 5.41) is 2.47. The predicted octanol–water partition coefficient (Wildman–Crippen LogP) is 2.25. The van der Waals surface area contributed by atoms with E-state index in [0.29, 0.717) is 12.2 Å². The maximum atomic E-state index is 11.9. The minimum absolute atomic E-state index is 0. The number of aromatic nitrogens is 4. The number of anilines is 1. The molecule has 8 heteroatoms. The molecule has 1 amide bonds. The van der Waals surface area contributed by atoms with Gasteiger partial charge in [-0.05, 0) is 0 Å². The number of rotatable bonds is 3. The number of hydrogen-bond donors (Lipinski definition) is 2. The molecule has 26 heavy (non-hydrogen) atoms. The van der Waals surface area contributed by atoms with E-state index >= 15 is 0 Å². The maximum absolute atomic E-state index is 11.9. The van der Waals surface area contributed by atoms with Crippen molar-refractivity contribution in [1.82, 2.24) is 19.5 Å². The summed E-state index contributed by atoms with van der Waals surface area (Å²) in [5.41, 5.74) is 1.41. The molecule has 2 N–H and O–H groups in total. The summed E-state index contributed by atoms with van der Waals surface area (Å²) < 4.78 is 1.77. The van der Waals surface area contributed by atoms with Crippen molar-refractivity contribution in [2.24, 2.45) is 0 Å². The molecule has 0 aliphatic rings. The van der Waals surface area contributed by atoms with E-state index in [0.717, 1.165) is 5.56 Å². The molecule has 0 spiro atoms. The SMILES string of the molecule is CC(=O)Nc1nc2c(ncn2C[c-]2cccc2)c(=O)[nH]1.[Fe].c1cc[cH-]c1. The first kappa shape index (κ1) is 19.4. The number of hydrogen-bond acceptors (Lipinski definition) is 4. The molecule has 0 atom stereocenters. The molecule has 0 saturated carbocycles. The smallest absolute Gasteiger partial charge is 0.280 e. The summed E-state index contributed by atoms with van der Waals surface area (Å²) >= 11 is 0. The van der Waals surface area contributed by atoms with Crippen molar-refractivity contribution < 1.29 is 21.9 Å². The first-order valence-electron chi connectivity index (χ1n) is 7.73. The Morgan fingerprint density at radius 2 is 1.96 bits per heavy atom. The van der Waals surface area contributed by atoms with E-state index in [4.69, 9.17) is 0 Å². The van der Waals surface area contributed by atoms with Gasteiger partial charge in [0.05, 0.1) is 6.33 Å². The van der Waals surface area contributed by atoms with Crippen molar-refractivity contribution in [2.45, 2.75) is 13.5 Å². The van der Waals surface area contributed by atoms with Gasteiger partial charge in [-0.25, -0.2) is 29.2 Å². The van der Waals surface area contributed by atoms with Crippen LogP contribution >= 0.6 is 0 Å². The standard InChI is InChI=1S/C13H12N5O2.C5H5.Fe/c1-8(19)15-13-16-11-10(12(20)17-13)14-7-18(11)6-9-4-2-3-5-9;1-2-4-5-3-1;/h2-5,7H,6H2,1H3,(H2,15,16,17,19,20);1-5H;/q2*-1;. The van der Waals surface area contributed by atoms with E-state index in [-0.39, 0.29) is 40.0 Å². The maximum Gasteiger partial charge on any atom is 0.280 e. The molecule has 0 aliphatic carbocycles. The van der Waals surface area contributed by atoms with Crippen molar-refractivity contribution in [2.75, 3.05) is 5.32 Å². The minimum atomic E-state index is -0.375. The molecule has 0 radical (unpaired) electrons. The van der Waals surface area contributed by atoms with Crippen LogP contribution in [0.25, 0.3) is 11.2 Å². The number of fused-ring (bicyclic) bond motifs is 1. The Morgan fingerprint density at radius 1 is 1.27 bits per heavy atom. The van der Waals surface area contributed by atoms with Gasteiger partial charge in [-0.1, -0.05) is 0 Å². The fourth-order valence-corrected chi connectivity index (χ4v) is 2.33. The van der Waals surface area contributed by atoms with Crippen molar-refractivity contribution in [1.29, 1.82) is 0 Å². The van der Waals surface area contributed by atoms with Crippen LogP contribution in [0, 0.1) is 0 Å². The molecule has 0 saturated heterocycles. The van der Waals surface area contributed by atoms with E-state index in [1.54, 1.807) is 10.9 Å². The Kier molecular flexibility index (Phi) is 6.66. The predicted molar refractivity (Wildman–Crippen MR) is 95.6 cm³/mol. The Morgan fingerprint density at radius 3 is 2.54 bits per heavy atom. The Labute approximate surface area is 160 Å². The van der Waals surface area contributed by atoms with Crippen LogP contribution < -0.4 is 10.9 Å². The largest absolute Gasteiger partial charge is 0.322 e. The monoisotopic (exact) mass is 391 g/mol. The van der Waals surface area contributed by atoms with Crippen LogP contribution in [-0.2, 0) is 28.4 Å². The number of carbonyl (C=O) groups is 1. The summed E-state index contributed by atoms with van der Waals surface area (Å²) in [6, 6.07) is 17.8. The van der Waals surface area contributed by atoms with Gasteiger partial charge in [-0.3, -0.25) is 19.9 Å². The molecule has 7 nitrogen and oxygen atoms in total. The third-order valence-corrected chi connectivity index (χ3v) is 3.41. The zero-order valence-corrected chi connectivity index (χ0v) is 15.1. The van der Waals surface area contributed by atoms with Gasteiger partial charge in [0.25, 0.3) is 5.56 Å². The van der Waals surface area contributed by atoms with Gasteiger partial charge in [0.1, 0.15) is 0 Å². The van der Waals surface area contributed by atoms with Crippen LogP contribution in [-0.4, -0.2) is 25.4 Å². The molecule has 2 aromatic carbocycles. The van der Waals surface area contributed by atoms with Crippen molar-refractivity contribution in [3.05, 3.63) is 76.8 Å². The van der Waals surface area contributed by atoms with Gasteiger partial charge >= 0.3 is 0 Å². The van der Waals surface area contributed by atoms with Crippen LogP contribution in [0.3, 0.4) is 0 Å². The summed E-state index contributed by atoms with van der Waals surface area (Å²) in [4.78, 5) is 33.7. The normalized spacial score (nSPS) is 9.88. The topological polar surface area (TPSA) is 92.7 Å². The molecule has 136 valence electrons. The van der Waals surface area contributed by atoms with Crippen molar-refractivity contribution in [3.8, 4) is 0 Å². The molecule has 0 unspecified atom stereocenters. The van der Waals surface area contributed by atoms with Crippen molar-refractivity contribution in [3.63, 3.8) is 0 Å². The second-order valence-electron chi connectivity index (χ2n) is 5.40. The zero-order chi connectivity index (χ0) is 17.6. The van der Waals surface area contributed by atoms with Gasteiger partial charge in [0.15, 0.2) is 11.2 Å². The average molecular weight is 391 g/mol. The molecule has 4 rings (SSSR count). The molecular formula is C18H17FeN5O2-2. The fraction of sp³-hybridized carbons (Fsp3) is 0.111. The van der Waals surface area contributed by atoms with Gasteiger partial charge in [-0.15, -0.1) is 5.56 Å². The number of nitrogens with zero attached hydrogens (tertiary/aromatic N) is 3.